The standard InChI is InChI=1S/C17H17FN2O5S/c1-2-9-19-16(21)17(22)20-11-15(14-4-3-10-25-14)26(23,24)13-7-5-12(18)6-8-13/h2-8,10,15H,1,9,11H2,(H,19,21)(H,20,22)/t15-/m1/s1. The summed E-state index contributed by atoms with van der Waals surface area (Å²) in [5, 5.41) is 3.27. The first-order chi connectivity index (χ1) is 12.4. The number of halogens is 1. The molecule has 2 aromatic rings. The highest BCUT2D eigenvalue weighted by atomic mass is 32.2. The second-order valence-corrected chi connectivity index (χ2v) is 7.34. The van der Waals surface area contributed by atoms with E-state index >= 15 is 0 Å². The summed E-state index contributed by atoms with van der Waals surface area (Å²) in [6.07, 6.45) is 2.69. The fraction of sp³-hybridized carbons (Fsp3) is 0.176. The third-order valence-corrected chi connectivity index (χ3v) is 5.52. The summed E-state index contributed by atoms with van der Waals surface area (Å²) in [5.41, 5.74) is 0. The zero-order valence-electron chi connectivity index (χ0n) is 13.6. The van der Waals surface area contributed by atoms with Gasteiger partial charge in [-0.25, -0.2) is 12.8 Å². The molecule has 0 saturated carbocycles. The highest BCUT2D eigenvalue weighted by Crippen LogP contribution is 2.29. The second-order valence-electron chi connectivity index (χ2n) is 5.21. The van der Waals surface area contributed by atoms with Gasteiger partial charge in [0.25, 0.3) is 0 Å². The molecule has 0 spiro atoms. The van der Waals surface area contributed by atoms with Gasteiger partial charge in [0.2, 0.25) is 0 Å². The van der Waals surface area contributed by atoms with Gasteiger partial charge in [0.05, 0.1) is 11.2 Å². The lowest BCUT2D eigenvalue weighted by atomic mass is 10.3. The zero-order chi connectivity index (χ0) is 19.2. The molecule has 2 rings (SSSR count). The molecule has 0 unspecified atom stereocenters. The Balaban J connectivity index is 2.22. The van der Waals surface area contributed by atoms with E-state index in [2.05, 4.69) is 17.2 Å². The number of hydrogen-bond donors (Lipinski definition) is 2. The van der Waals surface area contributed by atoms with Gasteiger partial charge in [0.15, 0.2) is 9.84 Å². The Bertz CT molecular complexity index is 876. The van der Waals surface area contributed by atoms with Crippen molar-refractivity contribution < 1.29 is 26.8 Å². The number of carbonyl (C=O) groups is 2. The lowest BCUT2D eigenvalue weighted by Gasteiger charge is -2.16. The van der Waals surface area contributed by atoms with Gasteiger partial charge in [0.1, 0.15) is 16.8 Å². The highest BCUT2D eigenvalue weighted by Gasteiger charge is 2.32. The number of amides is 2. The van der Waals surface area contributed by atoms with Crippen LogP contribution in [0, 0.1) is 5.82 Å². The van der Waals surface area contributed by atoms with Crippen LogP contribution in [0.1, 0.15) is 11.0 Å². The SMILES string of the molecule is C=CCNC(=O)C(=O)NC[C@H](c1ccco1)S(=O)(=O)c1ccc(F)cc1. The predicted octanol–water partition coefficient (Wildman–Crippen LogP) is 1.35. The molecule has 138 valence electrons. The predicted molar refractivity (Wildman–Crippen MR) is 91.3 cm³/mol. The van der Waals surface area contributed by atoms with Crippen molar-refractivity contribution in [2.45, 2.75) is 10.1 Å². The van der Waals surface area contributed by atoms with Crippen molar-refractivity contribution in [3.05, 3.63) is 66.9 Å². The van der Waals surface area contributed by atoms with Gasteiger partial charge in [-0.1, -0.05) is 6.08 Å². The summed E-state index contributed by atoms with van der Waals surface area (Å²) < 4.78 is 43.9. The molecule has 2 amide bonds. The first-order valence-electron chi connectivity index (χ1n) is 7.56. The average molecular weight is 380 g/mol. The van der Waals surface area contributed by atoms with Crippen LogP contribution >= 0.6 is 0 Å². The maximum Gasteiger partial charge on any atom is 0.309 e. The van der Waals surface area contributed by atoms with E-state index in [0.29, 0.717) is 0 Å². The molecule has 0 aliphatic heterocycles. The molecule has 1 heterocycles. The molecule has 1 aromatic heterocycles. The van der Waals surface area contributed by atoms with Crippen molar-refractivity contribution in [3.63, 3.8) is 0 Å². The Labute approximate surface area is 149 Å². The number of nitrogens with one attached hydrogen (secondary N) is 2. The first kappa shape index (κ1) is 19.4. The Hall–Kier alpha value is -2.94. The Kier molecular flexibility index (Phi) is 6.29. The number of benzene rings is 1. The summed E-state index contributed by atoms with van der Waals surface area (Å²) >= 11 is 0. The van der Waals surface area contributed by atoms with Crippen LogP contribution in [0.2, 0.25) is 0 Å². The van der Waals surface area contributed by atoms with Gasteiger partial charge in [-0.2, -0.15) is 0 Å². The topological polar surface area (TPSA) is 105 Å². The van der Waals surface area contributed by atoms with Crippen molar-refractivity contribution in [2.24, 2.45) is 0 Å². The van der Waals surface area contributed by atoms with Crippen LogP contribution in [0.4, 0.5) is 4.39 Å². The van der Waals surface area contributed by atoms with E-state index in [0.717, 1.165) is 24.3 Å². The van der Waals surface area contributed by atoms with E-state index in [1.54, 1.807) is 0 Å². The van der Waals surface area contributed by atoms with Crippen LogP contribution in [-0.2, 0) is 19.4 Å². The third-order valence-electron chi connectivity index (χ3n) is 3.44. The van der Waals surface area contributed by atoms with Gasteiger partial charge < -0.3 is 15.1 Å². The fourth-order valence-corrected chi connectivity index (χ4v) is 3.72. The molecule has 9 heteroatoms. The van der Waals surface area contributed by atoms with Crippen LogP contribution in [0.25, 0.3) is 0 Å². The zero-order valence-corrected chi connectivity index (χ0v) is 14.5. The van der Waals surface area contributed by atoms with Gasteiger partial charge >= 0.3 is 11.8 Å². The van der Waals surface area contributed by atoms with Gasteiger partial charge in [0, 0.05) is 13.1 Å². The van der Waals surface area contributed by atoms with Gasteiger partial charge in [-0.3, -0.25) is 9.59 Å². The maximum atomic E-state index is 13.1. The van der Waals surface area contributed by atoms with E-state index in [4.69, 9.17) is 4.42 Å². The fourth-order valence-electron chi connectivity index (χ4n) is 2.14. The van der Waals surface area contributed by atoms with Crippen LogP contribution in [0.3, 0.4) is 0 Å². The van der Waals surface area contributed by atoms with E-state index in [-0.39, 0.29) is 17.2 Å². The molecule has 0 bridgehead atoms. The van der Waals surface area contributed by atoms with Crippen LogP contribution < -0.4 is 10.6 Å². The number of rotatable bonds is 7. The summed E-state index contributed by atoms with van der Waals surface area (Å²) in [7, 11) is -4.00. The number of sulfone groups is 1. The molecule has 1 aromatic carbocycles. The molecule has 0 aliphatic rings. The molecule has 0 fully saturated rings. The Morgan fingerprint density at radius 2 is 1.81 bits per heavy atom. The lowest BCUT2D eigenvalue weighted by molar-refractivity contribution is -0.139. The molecule has 26 heavy (non-hydrogen) atoms. The minimum Gasteiger partial charge on any atom is -0.468 e. The molecule has 0 saturated heterocycles. The quantitative estimate of drug-likeness (QED) is 0.429. The van der Waals surface area contributed by atoms with Crippen LogP contribution in [0.15, 0.2) is 64.6 Å². The van der Waals surface area contributed by atoms with Crippen molar-refractivity contribution in [2.75, 3.05) is 13.1 Å². The molecular formula is C17H17FN2O5S. The van der Waals surface area contributed by atoms with Crippen LogP contribution in [0.5, 0.6) is 0 Å². The van der Waals surface area contributed by atoms with Gasteiger partial charge in [-0.05, 0) is 36.4 Å². The smallest absolute Gasteiger partial charge is 0.309 e. The largest absolute Gasteiger partial charge is 0.468 e. The Morgan fingerprint density at radius 1 is 1.15 bits per heavy atom. The molecule has 2 N–H and O–H groups in total. The number of hydrogen-bond acceptors (Lipinski definition) is 5. The molecule has 0 radical (unpaired) electrons. The summed E-state index contributed by atoms with van der Waals surface area (Å²) in [6, 6.07) is 7.23. The minimum atomic E-state index is -4.00. The van der Waals surface area contributed by atoms with Crippen molar-refractivity contribution >= 4 is 21.7 Å². The van der Waals surface area contributed by atoms with E-state index in [9.17, 15) is 22.4 Å². The third kappa shape index (κ3) is 4.57. The monoisotopic (exact) mass is 380 g/mol. The lowest BCUT2D eigenvalue weighted by Crippen LogP contribution is -2.42. The van der Waals surface area contributed by atoms with Gasteiger partial charge in [-0.15, -0.1) is 6.58 Å². The van der Waals surface area contributed by atoms with Crippen LogP contribution in [-0.4, -0.2) is 33.3 Å². The highest BCUT2D eigenvalue weighted by molar-refractivity contribution is 7.91. The van der Waals surface area contributed by atoms with E-state index in [1.165, 1.54) is 24.5 Å². The molecule has 7 nitrogen and oxygen atoms in total. The summed E-state index contributed by atoms with van der Waals surface area (Å²) in [4.78, 5) is 23.2. The van der Waals surface area contributed by atoms with E-state index < -0.39 is 39.3 Å². The van der Waals surface area contributed by atoms with Crippen molar-refractivity contribution in [3.8, 4) is 0 Å². The minimum absolute atomic E-state index is 0.0844. The molecular weight excluding hydrogens is 363 g/mol. The molecule has 1 atom stereocenters. The molecule has 0 aliphatic carbocycles. The number of carbonyl (C=O) groups excluding carboxylic acids is 2. The normalized spacial score (nSPS) is 12.2. The second kappa shape index (κ2) is 8.43. The van der Waals surface area contributed by atoms with E-state index in [1.807, 2.05) is 0 Å². The number of furan rings is 1. The maximum absolute atomic E-state index is 13.1. The summed E-state index contributed by atoms with van der Waals surface area (Å²) in [6.45, 7) is 3.11. The van der Waals surface area contributed by atoms with Crippen molar-refractivity contribution in [1.82, 2.24) is 10.6 Å². The van der Waals surface area contributed by atoms with Crippen molar-refractivity contribution in [1.29, 1.82) is 0 Å². The Morgan fingerprint density at radius 3 is 2.38 bits per heavy atom. The summed E-state index contributed by atoms with van der Waals surface area (Å²) in [5.74, 6) is -2.40. The first-order valence-corrected chi connectivity index (χ1v) is 9.10. The average Bonchev–Trinajstić information content (AvgIpc) is 3.14.